The minimum atomic E-state index is -0.477. The van der Waals surface area contributed by atoms with Crippen molar-refractivity contribution < 1.29 is 28.6 Å². The zero-order valence-corrected chi connectivity index (χ0v) is 17.3. The van der Waals surface area contributed by atoms with Crippen molar-refractivity contribution >= 4 is 17.8 Å². The lowest BCUT2D eigenvalue weighted by Gasteiger charge is -2.29. The molecule has 1 saturated heterocycles. The predicted octanol–water partition coefficient (Wildman–Crippen LogP) is 1.74. The molecule has 2 N–H and O–H groups in total. The number of hydrogen-bond acceptors (Lipinski definition) is 6. The molecule has 0 saturated carbocycles. The lowest BCUT2D eigenvalue weighted by Crippen LogP contribution is -2.44. The van der Waals surface area contributed by atoms with Gasteiger partial charge in [-0.05, 0) is 43.9 Å². The highest BCUT2D eigenvalue weighted by Gasteiger charge is 2.38. The smallest absolute Gasteiger partial charge is 0.307 e. The van der Waals surface area contributed by atoms with E-state index in [0.29, 0.717) is 43.8 Å². The molecule has 1 aliphatic heterocycles. The largest absolute Gasteiger partial charge is 0.493 e. The van der Waals surface area contributed by atoms with Crippen molar-refractivity contribution in [2.75, 3.05) is 27.4 Å². The Morgan fingerprint density at radius 1 is 1.17 bits per heavy atom. The van der Waals surface area contributed by atoms with E-state index in [1.165, 1.54) is 0 Å². The van der Waals surface area contributed by atoms with Crippen molar-refractivity contribution in [2.45, 2.75) is 51.0 Å². The number of hydrogen-bond donors (Lipinski definition) is 2. The van der Waals surface area contributed by atoms with E-state index >= 15 is 0 Å². The quantitative estimate of drug-likeness (QED) is 0.543. The Morgan fingerprint density at radius 3 is 2.55 bits per heavy atom. The third kappa shape index (κ3) is 6.66. The van der Waals surface area contributed by atoms with Gasteiger partial charge in [-0.3, -0.25) is 14.4 Å². The van der Waals surface area contributed by atoms with E-state index < -0.39 is 5.54 Å². The maximum atomic E-state index is 12.2. The van der Waals surface area contributed by atoms with Crippen LogP contribution in [0.15, 0.2) is 18.2 Å². The fourth-order valence-corrected chi connectivity index (χ4v) is 3.54. The average molecular weight is 406 g/mol. The highest BCUT2D eigenvalue weighted by molar-refractivity contribution is 5.80. The molecule has 1 heterocycles. The molecule has 0 spiro atoms. The number of carbonyl (C=O) groups is 3. The Bertz CT molecular complexity index is 736. The van der Waals surface area contributed by atoms with Crippen molar-refractivity contribution in [3.8, 4) is 11.5 Å². The van der Waals surface area contributed by atoms with Gasteiger partial charge in [0.2, 0.25) is 11.8 Å². The summed E-state index contributed by atoms with van der Waals surface area (Å²) in [5, 5.41) is 5.80. The topological polar surface area (TPSA) is 103 Å². The molecule has 8 heteroatoms. The van der Waals surface area contributed by atoms with Crippen molar-refractivity contribution in [3.05, 3.63) is 23.8 Å². The molecule has 1 unspecified atom stereocenters. The molecule has 0 bridgehead atoms. The number of methoxy groups -OCH3 is 2. The van der Waals surface area contributed by atoms with E-state index in [1.54, 1.807) is 21.1 Å². The molecule has 2 rings (SSSR count). The van der Waals surface area contributed by atoms with Crippen LogP contribution >= 0.6 is 0 Å². The first-order valence-corrected chi connectivity index (χ1v) is 9.85. The Kier molecular flexibility index (Phi) is 8.30. The number of amides is 2. The highest BCUT2D eigenvalue weighted by Crippen LogP contribution is 2.33. The van der Waals surface area contributed by atoms with E-state index in [2.05, 4.69) is 10.6 Å². The fourth-order valence-electron chi connectivity index (χ4n) is 3.54. The number of carbonyl (C=O) groups excluding carboxylic acids is 3. The van der Waals surface area contributed by atoms with Crippen LogP contribution in [0.1, 0.15) is 44.6 Å². The first-order chi connectivity index (χ1) is 13.9. The van der Waals surface area contributed by atoms with Crippen LogP contribution in [-0.2, 0) is 25.5 Å². The van der Waals surface area contributed by atoms with E-state index in [9.17, 15) is 14.4 Å². The summed E-state index contributed by atoms with van der Waals surface area (Å²) < 4.78 is 15.5. The Morgan fingerprint density at radius 2 is 1.93 bits per heavy atom. The second-order valence-electron chi connectivity index (χ2n) is 7.10. The number of esters is 1. The summed E-state index contributed by atoms with van der Waals surface area (Å²) in [6.45, 7) is 2.31. The minimum absolute atomic E-state index is 0.00630. The summed E-state index contributed by atoms with van der Waals surface area (Å²) in [4.78, 5) is 35.4. The van der Waals surface area contributed by atoms with Gasteiger partial charge in [0.25, 0.3) is 0 Å². The van der Waals surface area contributed by atoms with Crippen LogP contribution in [0, 0.1) is 0 Å². The lowest BCUT2D eigenvalue weighted by molar-refractivity contribution is -0.143. The number of benzene rings is 1. The van der Waals surface area contributed by atoms with Crippen molar-refractivity contribution in [2.24, 2.45) is 0 Å². The summed E-state index contributed by atoms with van der Waals surface area (Å²) >= 11 is 0. The molecule has 0 radical (unpaired) electrons. The van der Waals surface area contributed by atoms with Gasteiger partial charge >= 0.3 is 5.97 Å². The monoisotopic (exact) mass is 406 g/mol. The minimum Gasteiger partial charge on any atom is -0.493 e. The number of rotatable bonds is 11. The van der Waals surface area contributed by atoms with Crippen molar-refractivity contribution in [1.29, 1.82) is 0 Å². The van der Waals surface area contributed by atoms with E-state index in [4.69, 9.17) is 14.2 Å². The molecule has 0 aliphatic carbocycles. The molecule has 29 heavy (non-hydrogen) atoms. The summed E-state index contributed by atoms with van der Waals surface area (Å²) in [7, 11) is 3.16. The van der Waals surface area contributed by atoms with Gasteiger partial charge in [-0.1, -0.05) is 6.07 Å². The Hall–Kier alpha value is -2.77. The van der Waals surface area contributed by atoms with Crippen LogP contribution in [-0.4, -0.2) is 50.7 Å². The van der Waals surface area contributed by atoms with Crippen LogP contribution in [0.25, 0.3) is 0 Å². The Labute approximate surface area is 171 Å². The van der Waals surface area contributed by atoms with Gasteiger partial charge in [0.1, 0.15) is 0 Å². The summed E-state index contributed by atoms with van der Waals surface area (Å²) in [6, 6.07) is 5.66. The molecule has 1 aromatic carbocycles. The van der Waals surface area contributed by atoms with Gasteiger partial charge in [-0.2, -0.15) is 0 Å². The van der Waals surface area contributed by atoms with E-state index in [-0.39, 0.29) is 37.2 Å². The van der Waals surface area contributed by atoms with Gasteiger partial charge in [0, 0.05) is 24.9 Å². The zero-order valence-electron chi connectivity index (χ0n) is 17.3. The SMILES string of the molecule is CCOC(=O)CCNC(=O)CCC1(Cc2ccc(OC)c(OC)c2)CCC(=O)N1. The molecule has 160 valence electrons. The van der Waals surface area contributed by atoms with Crippen LogP contribution in [0.2, 0.25) is 0 Å². The maximum Gasteiger partial charge on any atom is 0.307 e. The molecular weight excluding hydrogens is 376 g/mol. The molecule has 1 fully saturated rings. The second-order valence-corrected chi connectivity index (χ2v) is 7.10. The zero-order chi connectivity index (χ0) is 21.3. The predicted molar refractivity (Wildman–Crippen MR) is 107 cm³/mol. The number of ether oxygens (including phenoxy) is 3. The lowest BCUT2D eigenvalue weighted by atomic mass is 9.85. The van der Waals surface area contributed by atoms with E-state index in [1.807, 2.05) is 18.2 Å². The number of nitrogens with one attached hydrogen (secondary N) is 2. The van der Waals surface area contributed by atoms with Crippen LogP contribution in [0.4, 0.5) is 0 Å². The van der Waals surface area contributed by atoms with Crippen LogP contribution < -0.4 is 20.1 Å². The third-order valence-electron chi connectivity index (χ3n) is 5.01. The summed E-state index contributed by atoms with van der Waals surface area (Å²) in [6.07, 6.45) is 2.62. The van der Waals surface area contributed by atoms with Gasteiger partial charge < -0.3 is 24.8 Å². The first-order valence-electron chi connectivity index (χ1n) is 9.85. The van der Waals surface area contributed by atoms with Crippen molar-refractivity contribution in [3.63, 3.8) is 0 Å². The average Bonchev–Trinajstić information content (AvgIpc) is 3.07. The molecule has 8 nitrogen and oxygen atoms in total. The van der Waals surface area contributed by atoms with Gasteiger partial charge in [-0.15, -0.1) is 0 Å². The molecule has 1 atom stereocenters. The standard InChI is InChI=1S/C21H30N2O6/c1-4-29-20(26)9-12-22-18(24)7-10-21(11-8-19(25)23-21)14-15-5-6-16(27-2)17(13-15)28-3/h5-6,13H,4,7-12,14H2,1-3H3,(H,22,24)(H,23,25). The third-order valence-corrected chi connectivity index (χ3v) is 5.01. The first kappa shape index (κ1) is 22.5. The van der Waals surface area contributed by atoms with Crippen molar-refractivity contribution in [1.82, 2.24) is 10.6 Å². The van der Waals surface area contributed by atoms with Gasteiger partial charge in [0.15, 0.2) is 11.5 Å². The Balaban J connectivity index is 1.96. The second kappa shape index (κ2) is 10.7. The van der Waals surface area contributed by atoms with Gasteiger partial charge in [0.05, 0.1) is 27.2 Å². The molecule has 2 amide bonds. The highest BCUT2D eigenvalue weighted by atomic mass is 16.5. The summed E-state index contributed by atoms with van der Waals surface area (Å²) in [5.41, 5.74) is 0.516. The normalized spacial score (nSPS) is 18.1. The van der Waals surface area contributed by atoms with Crippen LogP contribution in [0.5, 0.6) is 11.5 Å². The molecular formula is C21H30N2O6. The van der Waals surface area contributed by atoms with E-state index in [0.717, 1.165) is 5.56 Å². The molecule has 0 aromatic heterocycles. The fraction of sp³-hybridized carbons (Fsp3) is 0.571. The molecule has 1 aromatic rings. The van der Waals surface area contributed by atoms with Gasteiger partial charge in [-0.25, -0.2) is 0 Å². The molecule has 1 aliphatic rings. The van der Waals surface area contributed by atoms with Crippen LogP contribution in [0.3, 0.4) is 0 Å². The summed E-state index contributed by atoms with van der Waals surface area (Å²) in [5.74, 6) is 0.777. The maximum absolute atomic E-state index is 12.2.